The molecule has 0 aromatic rings. The minimum absolute atomic E-state index is 0.282. The Morgan fingerprint density at radius 2 is 2.28 bits per heavy atom. The molecule has 0 aliphatic heterocycles. The Balaban J connectivity index is 2.57. The molecule has 1 aliphatic rings. The molecular weight excluding hydrogens is 224 g/mol. The highest BCUT2D eigenvalue weighted by Gasteiger charge is 2.23. The quantitative estimate of drug-likeness (QED) is 0.305. The summed E-state index contributed by atoms with van der Waals surface area (Å²) in [5.41, 5.74) is 1.93. The fraction of sp³-hybridized carbons (Fsp3) is 0.562. The molecular formula is C16H24O2. The molecule has 1 saturated carbocycles. The highest BCUT2D eigenvalue weighted by atomic mass is 16.5. The summed E-state index contributed by atoms with van der Waals surface area (Å²) in [6, 6.07) is 0. The predicted octanol–water partition coefficient (Wildman–Crippen LogP) is 4.19. The van der Waals surface area contributed by atoms with Crippen LogP contribution in [0.25, 0.3) is 0 Å². The number of rotatable bonds is 6. The standard InChI is InChI=1S/C16H24O2/c1-5-6-11-18-14(4)12(2)7-9-15-13(3)8-10-16(15)17/h7,9,13H,4-6,8,10-11H2,1-3H3/b12-7+,15-9+. The minimum Gasteiger partial charge on any atom is -0.494 e. The first-order valence-corrected chi connectivity index (χ1v) is 6.80. The van der Waals surface area contributed by atoms with Crippen molar-refractivity contribution in [1.82, 2.24) is 0 Å². The number of carbonyl (C=O) groups is 1. The van der Waals surface area contributed by atoms with Crippen LogP contribution >= 0.6 is 0 Å². The Hall–Kier alpha value is -1.31. The summed E-state index contributed by atoms with van der Waals surface area (Å²) in [5.74, 6) is 1.37. The lowest BCUT2D eigenvalue weighted by Gasteiger charge is -2.08. The Kier molecular flexibility index (Phi) is 5.90. The summed E-state index contributed by atoms with van der Waals surface area (Å²) >= 11 is 0. The average Bonchev–Trinajstić information content (AvgIpc) is 2.66. The van der Waals surface area contributed by atoms with E-state index in [4.69, 9.17) is 4.74 Å². The van der Waals surface area contributed by atoms with Crippen LogP contribution in [0.2, 0.25) is 0 Å². The molecule has 0 bridgehead atoms. The molecule has 0 spiro atoms. The van der Waals surface area contributed by atoms with Crippen molar-refractivity contribution in [3.8, 4) is 0 Å². The van der Waals surface area contributed by atoms with Crippen molar-refractivity contribution in [3.63, 3.8) is 0 Å². The van der Waals surface area contributed by atoms with Crippen LogP contribution in [0.4, 0.5) is 0 Å². The van der Waals surface area contributed by atoms with E-state index in [2.05, 4.69) is 20.4 Å². The third-order valence-corrected chi connectivity index (χ3v) is 3.38. The number of ether oxygens (including phenoxy) is 1. The summed E-state index contributed by atoms with van der Waals surface area (Å²) in [4.78, 5) is 11.6. The van der Waals surface area contributed by atoms with Crippen molar-refractivity contribution >= 4 is 5.78 Å². The second-order valence-corrected chi connectivity index (χ2v) is 4.96. The van der Waals surface area contributed by atoms with Gasteiger partial charge in [0, 0.05) is 6.42 Å². The largest absolute Gasteiger partial charge is 0.494 e. The number of carbonyl (C=O) groups excluding carboxylic acids is 1. The van der Waals surface area contributed by atoms with Crippen LogP contribution in [-0.2, 0) is 9.53 Å². The Morgan fingerprint density at radius 3 is 2.83 bits per heavy atom. The van der Waals surface area contributed by atoms with E-state index in [1.807, 2.05) is 19.1 Å². The van der Waals surface area contributed by atoms with Gasteiger partial charge in [0.25, 0.3) is 0 Å². The van der Waals surface area contributed by atoms with Crippen LogP contribution in [0.3, 0.4) is 0 Å². The van der Waals surface area contributed by atoms with Crippen LogP contribution in [0.15, 0.2) is 35.6 Å². The van der Waals surface area contributed by atoms with Crippen molar-refractivity contribution in [2.24, 2.45) is 5.92 Å². The maximum atomic E-state index is 11.6. The summed E-state index contributed by atoms with van der Waals surface area (Å²) in [7, 11) is 0. The topological polar surface area (TPSA) is 26.3 Å². The van der Waals surface area contributed by atoms with Crippen molar-refractivity contribution in [3.05, 3.63) is 35.6 Å². The summed E-state index contributed by atoms with van der Waals surface area (Å²) in [6.45, 7) is 10.8. The molecule has 1 aliphatic carbocycles. The summed E-state index contributed by atoms with van der Waals surface area (Å²) in [5, 5.41) is 0. The third-order valence-electron chi connectivity index (χ3n) is 3.38. The van der Waals surface area contributed by atoms with Crippen LogP contribution < -0.4 is 0 Å². The van der Waals surface area contributed by atoms with Crippen LogP contribution in [0.1, 0.15) is 46.5 Å². The van der Waals surface area contributed by atoms with Crippen LogP contribution in [0.5, 0.6) is 0 Å². The van der Waals surface area contributed by atoms with Crippen molar-refractivity contribution in [2.75, 3.05) is 6.61 Å². The smallest absolute Gasteiger partial charge is 0.159 e. The van der Waals surface area contributed by atoms with E-state index >= 15 is 0 Å². The van der Waals surface area contributed by atoms with Gasteiger partial charge in [-0.15, -0.1) is 0 Å². The van der Waals surface area contributed by atoms with E-state index in [9.17, 15) is 4.79 Å². The number of hydrogen-bond acceptors (Lipinski definition) is 2. The lowest BCUT2D eigenvalue weighted by molar-refractivity contribution is -0.114. The molecule has 0 aromatic heterocycles. The van der Waals surface area contributed by atoms with Gasteiger partial charge in [-0.25, -0.2) is 0 Å². The molecule has 1 atom stereocenters. The van der Waals surface area contributed by atoms with Crippen LogP contribution in [-0.4, -0.2) is 12.4 Å². The Labute approximate surface area is 110 Å². The Bertz CT molecular complexity index is 375. The first-order valence-electron chi connectivity index (χ1n) is 6.80. The molecule has 100 valence electrons. The van der Waals surface area contributed by atoms with E-state index in [0.717, 1.165) is 30.4 Å². The van der Waals surface area contributed by atoms with E-state index in [1.165, 1.54) is 0 Å². The molecule has 0 amide bonds. The van der Waals surface area contributed by atoms with Crippen molar-refractivity contribution < 1.29 is 9.53 Å². The van der Waals surface area contributed by atoms with Crippen molar-refractivity contribution in [2.45, 2.75) is 46.5 Å². The lowest BCUT2D eigenvalue weighted by atomic mass is 10.0. The van der Waals surface area contributed by atoms with Gasteiger partial charge >= 0.3 is 0 Å². The van der Waals surface area contributed by atoms with E-state index in [1.54, 1.807) is 0 Å². The molecule has 0 N–H and O–H groups in total. The normalized spacial score (nSPS) is 22.6. The highest BCUT2D eigenvalue weighted by molar-refractivity contribution is 5.98. The molecule has 18 heavy (non-hydrogen) atoms. The van der Waals surface area contributed by atoms with E-state index in [0.29, 0.717) is 24.7 Å². The van der Waals surface area contributed by atoms with Gasteiger partial charge in [0.1, 0.15) is 5.76 Å². The summed E-state index contributed by atoms with van der Waals surface area (Å²) in [6.07, 6.45) is 7.71. The number of hydrogen-bond donors (Lipinski definition) is 0. The average molecular weight is 248 g/mol. The second kappa shape index (κ2) is 7.20. The van der Waals surface area contributed by atoms with Gasteiger partial charge in [-0.3, -0.25) is 4.79 Å². The van der Waals surface area contributed by atoms with Gasteiger partial charge in [-0.05, 0) is 36.8 Å². The molecule has 1 fully saturated rings. The highest BCUT2D eigenvalue weighted by Crippen LogP contribution is 2.27. The lowest BCUT2D eigenvalue weighted by Crippen LogP contribution is -1.98. The van der Waals surface area contributed by atoms with Gasteiger partial charge in [0.15, 0.2) is 5.78 Å². The van der Waals surface area contributed by atoms with Gasteiger partial charge in [-0.2, -0.15) is 0 Å². The SMILES string of the molecule is C=C(OCCCC)/C(C)=C/C=C1/C(=O)CCC1C. The van der Waals surface area contributed by atoms with Gasteiger partial charge < -0.3 is 4.74 Å². The van der Waals surface area contributed by atoms with Crippen LogP contribution in [0, 0.1) is 5.92 Å². The molecule has 1 rings (SSSR count). The molecule has 0 saturated heterocycles. The maximum absolute atomic E-state index is 11.6. The number of ketones is 1. The first-order chi connectivity index (χ1) is 8.56. The van der Waals surface area contributed by atoms with Crippen molar-refractivity contribution in [1.29, 1.82) is 0 Å². The fourth-order valence-corrected chi connectivity index (χ4v) is 1.94. The molecule has 2 heteroatoms. The molecule has 2 nitrogen and oxygen atoms in total. The summed E-state index contributed by atoms with van der Waals surface area (Å²) < 4.78 is 5.54. The number of allylic oxidation sites excluding steroid dienone is 4. The monoisotopic (exact) mass is 248 g/mol. The molecule has 1 unspecified atom stereocenters. The molecule has 0 aromatic carbocycles. The Morgan fingerprint density at radius 1 is 1.56 bits per heavy atom. The zero-order valence-electron chi connectivity index (χ0n) is 11.8. The zero-order valence-corrected chi connectivity index (χ0v) is 11.8. The maximum Gasteiger partial charge on any atom is 0.159 e. The first kappa shape index (κ1) is 14.7. The molecule has 0 heterocycles. The third kappa shape index (κ3) is 4.17. The predicted molar refractivity (Wildman–Crippen MR) is 75.2 cm³/mol. The fourth-order valence-electron chi connectivity index (χ4n) is 1.94. The number of Topliss-reactive ketones (excluding diaryl/α,β-unsaturated/α-hetero) is 1. The second-order valence-electron chi connectivity index (χ2n) is 4.96. The van der Waals surface area contributed by atoms with Gasteiger partial charge in [0.2, 0.25) is 0 Å². The number of unbranched alkanes of at least 4 members (excludes halogenated alkanes) is 1. The van der Waals surface area contributed by atoms with Gasteiger partial charge in [0.05, 0.1) is 6.61 Å². The molecule has 0 radical (unpaired) electrons. The minimum atomic E-state index is 0.282. The zero-order chi connectivity index (χ0) is 13.5. The van der Waals surface area contributed by atoms with Gasteiger partial charge in [-0.1, -0.05) is 39.0 Å². The van der Waals surface area contributed by atoms with E-state index in [-0.39, 0.29) is 5.78 Å². The van der Waals surface area contributed by atoms with E-state index < -0.39 is 0 Å².